The Kier molecular flexibility index (Phi) is 6.00. The number of rotatable bonds is 5. The lowest BCUT2D eigenvalue weighted by molar-refractivity contribution is 0.103. The van der Waals surface area contributed by atoms with Crippen LogP contribution in [0.4, 0.5) is 0 Å². The fraction of sp³-hybridized carbons (Fsp3) is 0.0263. The van der Waals surface area contributed by atoms with E-state index in [-0.39, 0.29) is 16.3 Å². The van der Waals surface area contributed by atoms with Gasteiger partial charge >= 0.3 is 0 Å². The number of aliphatic hydroxyl groups is 1. The Morgan fingerprint density at radius 2 is 1.21 bits per heavy atom. The van der Waals surface area contributed by atoms with E-state index in [9.17, 15) is 9.90 Å². The smallest absolute Gasteiger partial charge is 0.193 e. The van der Waals surface area contributed by atoms with Crippen molar-refractivity contribution in [2.75, 3.05) is 0 Å². The second kappa shape index (κ2) is 10.0. The molecule has 2 atom stereocenters. The maximum absolute atomic E-state index is 13.3. The Labute approximate surface area is 249 Å². The number of ketones is 1. The SMILES string of the molecule is O=C(c1ccccc1)c1ccc2c(c1)c1ccccc1[s+]2-c1ccc2sc3ccc(C(O)c4ccccc4)cc3c2c1. The Balaban J connectivity index is 1.29. The van der Waals surface area contributed by atoms with Crippen molar-refractivity contribution in [3.63, 3.8) is 0 Å². The minimum absolute atomic E-state index is 0.0438. The molecule has 2 nitrogen and oxygen atoms in total. The van der Waals surface area contributed by atoms with Crippen molar-refractivity contribution in [1.82, 2.24) is 0 Å². The highest BCUT2D eigenvalue weighted by molar-refractivity contribution is 7.50. The first-order valence-electron chi connectivity index (χ1n) is 13.9. The molecule has 4 heteroatoms. The summed E-state index contributed by atoms with van der Waals surface area (Å²) in [6.07, 6.45) is -0.669. The molecule has 6 aromatic carbocycles. The van der Waals surface area contributed by atoms with Crippen LogP contribution in [0.15, 0.2) is 140 Å². The lowest BCUT2D eigenvalue weighted by atomic mass is 10.00. The van der Waals surface area contributed by atoms with Crippen molar-refractivity contribution in [3.8, 4) is 4.90 Å². The zero-order valence-electron chi connectivity index (χ0n) is 22.5. The van der Waals surface area contributed by atoms with Gasteiger partial charge in [0, 0.05) is 58.6 Å². The molecule has 0 aliphatic heterocycles. The van der Waals surface area contributed by atoms with Gasteiger partial charge < -0.3 is 5.11 Å². The summed E-state index contributed by atoms with van der Waals surface area (Å²) in [6.45, 7) is 0. The average Bonchev–Trinajstić information content (AvgIpc) is 3.59. The van der Waals surface area contributed by atoms with E-state index in [4.69, 9.17) is 0 Å². The van der Waals surface area contributed by atoms with E-state index in [1.807, 2.05) is 72.8 Å². The number of aliphatic hydroxyl groups excluding tert-OH is 1. The van der Waals surface area contributed by atoms with Crippen LogP contribution in [0.25, 0.3) is 45.2 Å². The number of benzene rings is 6. The fourth-order valence-corrected chi connectivity index (χ4v) is 9.41. The van der Waals surface area contributed by atoms with Crippen LogP contribution < -0.4 is 0 Å². The molecule has 0 bridgehead atoms. The van der Waals surface area contributed by atoms with E-state index in [1.165, 1.54) is 39.9 Å². The Morgan fingerprint density at radius 3 is 2.02 bits per heavy atom. The van der Waals surface area contributed by atoms with Gasteiger partial charge in [0.1, 0.15) is 6.10 Å². The summed E-state index contributed by atoms with van der Waals surface area (Å²) in [5.41, 5.74) is 3.20. The van der Waals surface area contributed by atoms with Crippen molar-refractivity contribution in [1.29, 1.82) is 0 Å². The van der Waals surface area contributed by atoms with Gasteiger partial charge in [0.05, 0.1) is 0 Å². The lowest BCUT2D eigenvalue weighted by Crippen LogP contribution is -2.00. The van der Waals surface area contributed by atoms with Gasteiger partial charge in [-0.2, -0.15) is 0 Å². The molecule has 42 heavy (non-hydrogen) atoms. The van der Waals surface area contributed by atoms with Crippen molar-refractivity contribution in [3.05, 3.63) is 162 Å². The first kappa shape index (κ1) is 25.1. The van der Waals surface area contributed by atoms with E-state index in [2.05, 4.69) is 66.7 Å². The molecule has 2 unspecified atom stereocenters. The summed E-state index contributed by atoms with van der Waals surface area (Å²) in [6, 6.07) is 47.3. The molecule has 0 aliphatic rings. The maximum Gasteiger partial charge on any atom is 0.193 e. The number of carbonyl (C=O) groups excluding carboxylic acids is 1. The summed E-state index contributed by atoms with van der Waals surface area (Å²) in [4.78, 5) is 14.6. The molecule has 0 spiro atoms. The highest BCUT2D eigenvalue weighted by Crippen LogP contribution is 2.50. The summed E-state index contributed by atoms with van der Waals surface area (Å²) < 4.78 is 4.99. The van der Waals surface area contributed by atoms with Gasteiger partial charge in [-0.15, -0.1) is 11.3 Å². The third-order valence-electron chi connectivity index (χ3n) is 8.03. The van der Waals surface area contributed by atoms with Crippen LogP contribution in [0.1, 0.15) is 33.2 Å². The second-order valence-electron chi connectivity index (χ2n) is 10.5. The van der Waals surface area contributed by atoms with E-state index in [0.29, 0.717) is 11.1 Å². The van der Waals surface area contributed by atoms with Crippen molar-refractivity contribution >= 4 is 67.9 Å². The molecular weight excluding hydrogens is 553 g/mol. The van der Waals surface area contributed by atoms with Gasteiger partial charge in [0.2, 0.25) is 0 Å². The zero-order valence-corrected chi connectivity index (χ0v) is 24.2. The van der Waals surface area contributed by atoms with E-state index < -0.39 is 6.10 Å². The molecule has 2 heterocycles. The molecule has 0 radical (unpaired) electrons. The highest BCUT2D eigenvalue weighted by atomic mass is 32.2. The topological polar surface area (TPSA) is 37.3 Å². The molecule has 0 amide bonds. The number of hydrogen-bond donors (Lipinski definition) is 1. The largest absolute Gasteiger partial charge is 0.384 e. The minimum Gasteiger partial charge on any atom is -0.384 e. The predicted octanol–water partition coefficient (Wildman–Crippen LogP) is 10.4. The van der Waals surface area contributed by atoms with Gasteiger partial charge in [-0.3, -0.25) is 4.79 Å². The van der Waals surface area contributed by atoms with Crippen LogP contribution in [0.3, 0.4) is 0 Å². The number of carbonyl (C=O) groups is 1. The molecule has 8 rings (SSSR count). The number of hydrogen-bond acceptors (Lipinski definition) is 3. The Hall–Kier alpha value is -4.61. The quantitative estimate of drug-likeness (QED) is 0.163. The van der Waals surface area contributed by atoms with Crippen molar-refractivity contribution in [2.45, 2.75) is 6.10 Å². The van der Waals surface area contributed by atoms with Crippen LogP contribution >= 0.6 is 21.8 Å². The third-order valence-corrected chi connectivity index (χ3v) is 11.5. The first-order chi connectivity index (χ1) is 20.7. The monoisotopic (exact) mass is 577 g/mol. The molecule has 8 aromatic rings. The van der Waals surface area contributed by atoms with Gasteiger partial charge in [-0.05, 0) is 65.7 Å². The molecular formula is C38H25O2S2+. The number of thiophene rings is 2. The van der Waals surface area contributed by atoms with E-state index in [0.717, 1.165) is 16.5 Å². The summed E-state index contributed by atoms with van der Waals surface area (Å²) in [5, 5.41) is 15.8. The second-order valence-corrected chi connectivity index (χ2v) is 13.6. The van der Waals surface area contributed by atoms with Gasteiger partial charge in [-0.1, -0.05) is 78.9 Å². The Bertz CT molecular complexity index is 2280. The van der Waals surface area contributed by atoms with Crippen LogP contribution in [0, 0.1) is 0 Å². The number of fused-ring (bicyclic) bond motifs is 6. The van der Waals surface area contributed by atoms with Crippen molar-refractivity contribution in [2.24, 2.45) is 0 Å². The average molecular weight is 578 g/mol. The van der Waals surface area contributed by atoms with Crippen LogP contribution in [-0.2, 0) is 0 Å². The van der Waals surface area contributed by atoms with E-state index in [1.54, 1.807) is 11.3 Å². The van der Waals surface area contributed by atoms with Gasteiger partial charge in [0.15, 0.2) is 20.1 Å². The minimum atomic E-state index is -0.669. The van der Waals surface area contributed by atoms with Crippen LogP contribution in [0.2, 0.25) is 0 Å². The fourth-order valence-electron chi connectivity index (χ4n) is 5.95. The molecule has 0 fully saturated rings. The molecule has 0 saturated carbocycles. The standard InChI is InChI=1S/C38H25O2S2/c39-37(24-9-3-1-4-10-24)26-15-18-33-30(21-26)31-23-28(17-19-34(31)41-33)42-35-14-8-7-13-29(35)32-22-27(16-20-36(32)42)38(40)25-11-5-2-6-12-25/h1-23,37,39H/q+1. The van der Waals surface area contributed by atoms with Crippen LogP contribution in [-0.4, -0.2) is 10.9 Å². The summed E-state index contributed by atoms with van der Waals surface area (Å²) in [5.74, 6) is 0.0438. The van der Waals surface area contributed by atoms with Crippen molar-refractivity contribution < 1.29 is 9.90 Å². The third kappa shape index (κ3) is 4.07. The summed E-state index contributed by atoms with van der Waals surface area (Å²) >= 11 is 1.79. The normalized spacial score (nSPS) is 12.8. The molecule has 1 N–H and O–H groups in total. The highest BCUT2D eigenvalue weighted by Gasteiger charge is 2.25. The van der Waals surface area contributed by atoms with Crippen LogP contribution in [0.5, 0.6) is 0 Å². The van der Waals surface area contributed by atoms with E-state index >= 15 is 0 Å². The van der Waals surface area contributed by atoms with Gasteiger partial charge in [0.25, 0.3) is 0 Å². The molecule has 2 aromatic heterocycles. The summed E-state index contributed by atoms with van der Waals surface area (Å²) in [7, 11) is -0.289. The van der Waals surface area contributed by atoms with Gasteiger partial charge in [-0.25, -0.2) is 0 Å². The maximum atomic E-state index is 13.3. The first-order valence-corrected chi connectivity index (χ1v) is 16.0. The lowest BCUT2D eigenvalue weighted by Gasteiger charge is -2.11. The molecule has 200 valence electrons. The molecule has 0 aliphatic carbocycles. The Morgan fingerprint density at radius 1 is 0.548 bits per heavy atom. The predicted molar refractivity (Wildman–Crippen MR) is 179 cm³/mol. The zero-order chi connectivity index (χ0) is 28.2. The molecule has 0 saturated heterocycles.